The average molecular weight is 778 g/mol. The van der Waals surface area contributed by atoms with Crippen molar-refractivity contribution in [3.8, 4) is 0 Å². The molecule has 50 heavy (non-hydrogen) atoms. The number of nitrogens with two attached hydrogens (primary N) is 1. The van der Waals surface area contributed by atoms with Crippen LogP contribution < -0.4 is 27.0 Å². The van der Waals surface area contributed by atoms with E-state index in [4.69, 9.17) is 44.4 Å². The lowest BCUT2D eigenvalue weighted by molar-refractivity contribution is -0.147. The zero-order valence-electron chi connectivity index (χ0n) is 27.7. The van der Waals surface area contributed by atoms with Gasteiger partial charge in [0.2, 0.25) is 23.6 Å². The van der Waals surface area contributed by atoms with Crippen LogP contribution >= 0.6 is 37.9 Å². The van der Waals surface area contributed by atoms with Crippen LogP contribution in [0.2, 0.25) is 0 Å². The van der Waals surface area contributed by atoms with Crippen LogP contribution in [-0.2, 0) is 57.2 Å². The first-order chi connectivity index (χ1) is 24.0. The minimum absolute atomic E-state index is 0.00157. The molecule has 19 nitrogen and oxygen atoms in total. The van der Waals surface area contributed by atoms with Gasteiger partial charge in [-0.25, -0.2) is 4.79 Å². The minimum atomic E-state index is -1.50. The van der Waals surface area contributed by atoms with Crippen molar-refractivity contribution < 1.29 is 67.4 Å². The van der Waals surface area contributed by atoms with Crippen molar-refractivity contribution in [3.05, 3.63) is 0 Å². The fraction of sp³-hybridized carbons (Fsp3) is 0.786. The maximum atomic E-state index is 12.5. The van der Waals surface area contributed by atoms with E-state index in [1.54, 1.807) is 0 Å². The maximum absolute atomic E-state index is 12.5. The monoisotopic (exact) mass is 777 g/mol. The van der Waals surface area contributed by atoms with E-state index in [0.717, 1.165) is 0 Å². The van der Waals surface area contributed by atoms with Gasteiger partial charge < -0.3 is 65.6 Å². The molecule has 0 bridgehead atoms. The van der Waals surface area contributed by atoms with Gasteiger partial charge in [0.05, 0.1) is 91.7 Å². The Hall–Kier alpha value is -2.41. The molecule has 0 aliphatic rings. The highest BCUT2D eigenvalue weighted by atomic mass is 32.1. The molecule has 0 rings (SSSR count). The summed E-state index contributed by atoms with van der Waals surface area (Å²) in [7, 11) is 0. The molecule has 0 aromatic rings. The topological polar surface area (TPSA) is 272 Å². The SMILES string of the molecule is N[C@@H](CS)C(=O)N[C@@H](CS)C(=O)N[C@@H](CS)C(=O)NCCOCCOCCOCCOCCOCCOCCC(=O)N[C@@H](CC(=O)O)C(=O)O. The summed E-state index contributed by atoms with van der Waals surface area (Å²) in [5.74, 6) is -4.86. The second-order valence-corrected chi connectivity index (χ2v) is 11.1. The summed E-state index contributed by atoms with van der Waals surface area (Å²) in [6.07, 6.45) is -0.834. The van der Waals surface area contributed by atoms with E-state index in [2.05, 4.69) is 59.2 Å². The fourth-order valence-electron chi connectivity index (χ4n) is 3.40. The molecule has 0 aliphatic heterocycles. The number of carbonyl (C=O) groups is 6. The zero-order chi connectivity index (χ0) is 37.6. The molecule has 0 heterocycles. The molecule has 0 saturated heterocycles. The molecule has 4 amide bonds. The third-order valence-electron chi connectivity index (χ3n) is 6.06. The smallest absolute Gasteiger partial charge is 0.326 e. The van der Waals surface area contributed by atoms with E-state index in [-0.39, 0.29) is 56.7 Å². The Bertz CT molecular complexity index is 1000. The van der Waals surface area contributed by atoms with Crippen LogP contribution in [0.4, 0.5) is 0 Å². The summed E-state index contributed by atoms with van der Waals surface area (Å²) in [4.78, 5) is 70.1. The first-order valence-electron chi connectivity index (χ1n) is 15.6. The van der Waals surface area contributed by atoms with Gasteiger partial charge in [0.1, 0.15) is 18.1 Å². The van der Waals surface area contributed by atoms with Crippen molar-refractivity contribution in [2.24, 2.45) is 5.73 Å². The molecule has 0 fully saturated rings. The Kier molecular flexibility index (Phi) is 29.8. The Morgan fingerprint density at radius 2 is 0.960 bits per heavy atom. The van der Waals surface area contributed by atoms with Crippen molar-refractivity contribution in [2.45, 2.75) is 37.0 Å². The Labute approximate surface area is 307 Å². The normalized spacial score (nSPS) is 13.4. The lowest BCUT2D eigenvalue weighted by Crippen LogP contribution is -2.57. The van der Waals surface area contributed by atoms with Gasteiger partial charge in [-0.15, -0.1) is 0 Å². The molecule has 0 aromatic carbocycles. The van der Waals surface area contributed by atoms with Gasteiger partial charge >= 0.3 is 11.9 Å². The van der Waals surface area contributed by atoms with Crippen molar-refractivity contribution in [1.29, 1.82) is 0 Å². The number of ether oxygens (including phenoxy) is 6. The molecule has 290 valence electrons. The summed E-state index contributed by atoms with van der Waals surface area (Å²) in [6, 6.07) is -4.30. The number of carboxylic acid groups (broad SMARTS) is 2. The molecule has 22 heteroatoms. The molecule has 0 unspecified atom stereocenters. The second kappa shape index (κ2) is 31.3. The van der Waals surface area contributed by atoms with E-state index in [9.17, 15) is 28.8 Å². The van der Waals surface area contributed by atoms with E-state index in [1.807, 2.05) is 0 Å². The van der Waals surface area contributed by atoms with Crippen molar-refractivity contribution >= 4 is 73.5 Å². The number of aliphatic carboxylic acids is 2. The predicted octanol–water partition coefficient (Wildman–Crippen LogP) is -3.28. The number of hydrogen-bond donors (Lipinski definition) is 10. The van der Waals surface area contributed by atoms with E-state index < -0.39 is 66.2 Å². The first kappa shape index (κ1) is 47.6. The maximum Gasteiger partial charge on any atom is 0.326 e. The number of amides is 4. The lowest BCUT2D eigenvalue weighted by atomic mass is 10.2. The van der Waals surface area contributed by atoms with Crippen molar-refractivity contribution in [2.75, 3.05) is 103 Å². The molecule has 0 saturated carbocycles. The molecule has 4 atom stereocenters. The highest BCUT2D eigenvalue weighted by molar-refractivity contribution is 7.80. The van der Waals surface area contributed by atoms with Crippen LogP contribution in [0.5, 0.6) is 0 Å². The van der Waals surface area contributed by atoms with Gasteiger partial charge in [-0.2, -0.15) is 37.9 Å². The van der Waals surface area contributed by atoms with Crippen molar-refractivity contribution in [3.63, 3.8) is 0 Å². The lowest BCUT2D eigenvalue weighted by Gasteiger charge is -2.22. The van der Waals surface area contributed by atoms with Gasteiger partial charge in [0.15, 0.2) is 0 Å². The summed E-state index contributed by atoms with van der Waals surface area (Å²) in [5.41, 5.74) is 5.60. The quantitative estimate of drug-likeness (QED) is 0.0231. The third kappa shape index (κ3) is 25.5. The number of hydrogen-bond acceptors (Lipinski definition) is 16. The summed E-state index contributed by atoms with van der Waals surface area (Å²) >= 11 is 12.1. The summed E-state index contributed by atoms with van der Waals surface area (Å²) in [6.45, 7) is 3.63. The molecule has 0 aromatic heterocycles. The summed E-state index contributed by atoms with van der Waals surface area (Å²) < 4.78 is 32.2. The standard InChI is InChI=1S/C28H51N5O14S3/c29-19(16-48)25(37)32-22(18-50)27(39)33-21(17-49)26(38)30-2-4-43-6-8-45-10-12-47-14-13-46-11-9-44-7-5-42-3-1-23(34)31-20(28(40)41)15-24(35)36/h19-22,48-50H,1-18,29H2,(H,30,38)(H,31,34)(H,32,37)(H,33,39)(H,35,36)(H,40,41)/t19-,20-,21-,22-/m0/s1. The van der Waals surface area contributed by atoms with Crippen LogP contribution in [0, 0.1) is 0 Å². The number of rotatable bonds is 33. The van der Waals surface area contributed by atoms with E-state index >= 15 is 0 Å². The Balaban J connectivity index is 3.66. The van der Waals surface area contributed by atoms with Gasteiger partial charge in [0, 0.05) is 30.2 Å². The molecule has 8 N–H and O–H groups in total. The van der Waals surface area contributed by atoms with Crippen LogP contribution in [0.3, 0.4) is 0 Å². The van der Waals surface area contributed by atoms with Gasteiger partial charge in [-0.1, -0.05) is 0 Å². The van der Waals surface area contributed by atoms with E-state index in [1.165, 1.54) is 0 Å². The van der Waals surface area contributed by atoms with Gasteiger partial charge in [0.25, 0.3) is 0 Å². The van der Waals surface area contributed by atoms with Crippen LogP contribution in [0.25, 0.3) is 0 Å². The van der Waals surface area contributed by atoms with E-state index in [0.29, 0.717) is 52.9 Å². The molecular formula is C28H51N5O14S3. The molecule has 0 radical (unpaired) electrons. The fourth-order valence-corrected chi connectivity index (χ4v) is 4.08. The van der Waals surface area contributed by atoms with Gasteiger partial charge in [-0.3, -0.25) is 24.0 Å². The van der Waals surface area contributed by atoms with Crippen molar-refractivity contribution in [1.82, 2.24) is 21.3 Å². The summed E-state index contributed by atoms with van der Waals surface area (Å²) in [5, 5.41) is 27.3. The number of carboxylic acids is 2. The molecule has 0 spiro atoms. The largest absolute Gasteiger partial charge is 0.481 e. The van der Waals surface area contributed by atoms with Gasteiger partial charge in [-0.05, 0) is 0 Å². The molecule has 0 aliphatic carbocycles. The predicted molar refractivity (Wildman–Crippen MR) is 188 cm³/mol. The van der Waals surface area contributed by atoms with Crippen LogP contribution in [0.15, 0.2) is 0 Å². The second-order valence-electron chi connectivity index (χ2n) is 10.0. The highest BCUT2D eigenvalue weighted by Gasteiger charge is 2.26. The number of nitrogens with one attached hydrogen (secondary N) is 4. The average Bonchev–Trinajstić information content (AvgIpc) is 3.08. The van der Waals surface area contributed by atoms with Crippen LogP contribution in [0.1, 0.15) is 12.8 Å². The third-order valence-corrected chi connectivity index (χ3v) is 7.18. The number of thiol groups is 3. The Morgan fingerprint density at radius 1 is 0.540 bits per heavy atom. The minimum Gasteiger partial charge on any atom is -0.481 e. The number of carbonyl (C=O) groups excluding carboxylic acids is 4. The molecular weight excluding hydrogens is 727 g/mol. The first-order valence-corrected chi connectivity index (χ1v) is 17.5. The zero-order valence-corrected chi connectivity index (χ0v) is 30.4. The Morgan fingerprint density at radius 3 is 1.38 bits per heavy atom. The van der Waals surface area contributed by atoms with Crippen LogP contribution in [-0.4, -0.2) is 173 Å². The highest BCUT2D eigenvalue weighted by Crippen LogP contribution is 1.97.